The zero-order chi connectivity index (χ0) is 21.2. The summed E-state index contributed by atoms with van der Waals surface area (Å²) >= 11 is 0. The Morgan fingerprint density at radius 2 is 1.58 bits per heavy atom. The molecule has 0 aromatic heterocycles. The fraction of sp³-hybridized carbons (Fsp3) is 0.556. The van der Waals surface area contributed by atoms with E-state index in [0.717, 1.165) is 39.0 Å². The molecule has 2 aromatic rings. The fourth-order valence-corrected chi connectivity index (χ4v) is 6.40. The second-order valence-corrected chi connectivity index (χ2v) is 9.89. The number of halogens is 1. The number of hydrogen-bond donors (Lipinski definition) is 1. The molecule has 2 aromatic carbocycles. The molecule has 4 unspecified atom stereocenters. The van der Waals surface area contributed by atoms with Crippen molar-refractivity contribution in [3.05, 3.63) is 71.5 Å². The van der Waals surface area contributed by atoms with E-state index >= 15 is 0 Å². The van der Waals surface area contributed by atoms with E-state index in [1.165, 1.54) is 36.8 Å². The van der Waals surface area contributed by atoms with Crippen LogP contribution in [0.25, 0.3) is 0 Å². The molecule has 2 heterocycles. The van der Waals surface area contributed by atoms with Crippen LogP contribution in [-0.2, 0) is 6.54 Å². The van der Waals surface area contributed by atoms with Gasteiger partial charge in [0.25, 0.3) is 0 Å². The summed E-state index contributed by atoms with van der Waals surface area (Å²) in [5, 5.41) is 11.0. The maximum absolute atomic E-state index is 13.3. The number of rotatable bonds is 4. The van der Waals surface area contributed by atoms with Gasteiger partial charge in [-0.2, -0.15) is 0 Å². The Kier molecular flexibility index (Phi) is 6.40. The largest absolute Gasteiger partial charge is 0.391 e. The maximum atomic E-state index is 13.3. The predicted molar refractivity (Wildman–Crippen MR) is 122 cm³/mol. The van der Waals surface area contributed by atoms with Crippen LogP contribution in [0.15, 0.2) is 54.6 Å². The van der Waals surface area contributed by atoms with Gasteiger partial charge in [0.05, 0.1) is 6.10 Å². The van der Waals surface area contributed by atoms with Gasteiger partial charge in [-0.3, -0.25) is 9.80 Å². The van der Waals surface area contributed by atoms with E-state index in [-0.39, 0.29) is 18.0 Å². The van der Waals surface area contributed by atoms with E-state index in [2.05, 4.69) is 40.1 Å². The first-order chi connectivity index (χ1) is 15.2. The molecule has 1 aliphatic carbocycles. The van der Waals surface area contributed by atoms with Crippen LogP contribution in [0.4, 0.5) is 4.39 Å². The summed E-state index contributed by atoms with van der Waals surface area (Å²) in [5.74, 6) is 1.07. The molecular formula is C27H35FN2O. The van der Waals surface area contributed by atoms with Crippen molar-refractivity contribution < 1.29 is 9.50 Å². The molecule has 0 amide bonds. The number of benzene rings is 2. The average molecular weight is 423 g/mol. The topological polar surface area (TPSA) is 26.7 Å². The van der Waals surface area contributed by atoms with E-state index in [9.17, 15) is 9.50 Å². The van der Waals surface area contributed by atoms with Crippen LogP contribution in [0.2, 0.25) is 0 Å². The Morgan fingerprint density at radius 3 is 2.32 bits per heavy atom. The van der Waals surface area contributed by atoms with Gasteiger partial charge in [-0.05, 0) is 93.3 Å². The molecule has 31 heavy (non-hydrogen) atoms. The van der Waals surface area contributed by atoms with Gasteiger partial charge in [0, 0.05) is 18.6 Å². The van der Waals surface area contributed by atoms with Gasteiger partial charge in [0.1, 0.15) is 5.82 Å². The van der Waals surface area contributed by atoms with Crippen LogP contribution in [0.1, 0.15) is 55.6 Å². The first-order valence-electron chi connectivity index (χ1n) is 12.1. The zero-order valence-corrected chi connectivity index (χ0v) is 18.4. The number of likely N-dealkylation sites (tertiary alicyclic amines) is 2. The summed E-state index contributed by atoms with van der Waals surface area (Å²) in [6, 6.07) is 18.7. The highest BCUT2D eigenvalue weighted by Gasteiger charge is 2.43. The number of aliphatic hydroxyl groups is 1. The van der Waals surface area contributed by atoms with Crippen LogP contribution < -0.4 is 0 Å². The monoisotopic (exact) mass is 422 g/mol. The summed E-state index contributed by atoms with van der Waals surface area (Å²) in [5.41, 5.74) is 2.65. The molecule has 2 saturated heterocycles. The normalized spacial score (nSPS) is 30.8. The van der Waals surface area contributed by atoms with Gasteiger partial charge in [-0.15, -0.1) is 0 Å². The smallest absolute Gasteiger partial charge is 0.123 e. The minimum absolute atomic E-state index is 0.167. The van der Waals surface area contributed by atoms with E-state index in [4.69, 9.17) is 0 Å². The van der Waals surface area contributed by atoms with Crippen molar-refractivity contribution in [2.45, 2.75) is 69.2 Å². The third kappa shape index (κ3) is 4.72. The molecule has 4 atom stereocenters. The van der Waals surface area contributed by atoms with E-state index in [0.29, 0.717) is 17.9 Å². The van der Waals surface area contributed by atoms with E-state index < -0.39 is 0 Å². The van der Waals surface area contributed by atoms with Gasteiger partial charge in [0.2, 0.25) is 0 Å². The number of hydrogen-bond acceptors (Lipinski definition) is 3. The average Bonchev–Trinajstić information content (AvgIpc) is 2.81. The van der Waals surface area contributed by atoms with Crippen LogP contribution in [-0.4, -0.2) is 52.7 Å². The summed E-state index contributed by atoms with van der Waals surface area (Å²) in [6.45, 7) is 4.16. The van der Waals surface area contributed by atoms with Gasteiger partial charge in [0.15, 0.2) is 0 Å². The Hall–Kier alpha value is -1.75. The zero-order valence-electron chi connectivity index (χ0n) is 18.4. The molecule has 0 spiro atoms. The minimum atomic E-state index is -0.208. The predicted octanol–water partition coefficient (Wildman–Crippen LogP) is 4.81. The molecule has 2 aliphatic heterocycles. The molecule has 4 heteroatoms. The van der Waals surface area contributed by atoms with Crippen molar-refractivity contribution in [1.29, 1.82) is 0 Å². The summed E-state index contributed by atoms with van der Waals surface area (Å²) in [7, 11) is 0. The number of aliphatic hydroxyl groups excluding tert-OH is 1. The van der Waals surface area contributed by atoms with Crippen LogP contribution in [0, 0.1) is 11.7 Å². The van der Waals surface area contributed by atoms with E-state index in [1.807, 2.05) is 12.1 Å². The second kappa shape index (κ2) is 9.40. The van der Waals surface area contributed by atoms with Crippen LogP contribution >= 0.6 is 0 Å². The number of nitrogens with zero attached hydrogens (tertiary/aromatic N) is 2. The second-order valence-electron chi connectivity index (χ2n) is 9.89. The molecule has 3 nitrogen and oxygen atoms in total. The minimum Gasteiger partial charge on any atom is -0.391 e. The first kappa shape index (κ1) is 21.1. The van der Waals surface area contributed by atoms with Crippen molar-refractivity contribution in [3.8, 4) is 0 Å². The van der Waals surface area contributed by atoms with Crippen LogP contribution in [0.5, 0.6) is 0 Å². The Labute approximate surface area is 185 Å². The lowest BCUT2D eigenvalue weighted by molar-refractivity contribution is -0.0602. The Bertz CT molecular complexity index is 834. The van der Waals surface area contributed by atoms with Gasteiger partial charge >= 0.3 is 0 Å². The van der Waals surface area contributed by atoms with Crippen molar-refractivity contribution in [1.82, 2.24) is 9.80 Å². The lowest BCUT2D eigenvalue weighted by Gasteiger charge is -2.51. The molecule has 3 fully saturated rings. The van der Waals surface area contributed by atoms with Gasteiger partial charge in [-0.1, -0.05) is 42.5 Å². The summed E-state index contributed by atoms with van der Waals surface area (Å²) in [6.07, 6.45) is 6.56. The third-order valence-electron chi connectivity index (χ3n) is 8.07. The quantitative estimate of drug-likeness (QED) is 0.766. The molecule has 0 bridgehead atoms. The van der Waals surface area contributed by atoms with Crippen molar-refractivity contribution in [3.63, 3.8) is 0 Å². The number of piperidine rings is 2. The maximum Gasteiger partial charge on any atom is 0.123 e. The molecule has 1 N–H and O–H groups in total. The lowest BCUT2D eigenvalue weighted by atomic mass is 9.73. The summed E-state index contributed by atoms with van der Waals surface area (Å²) in [4.78, 5) is 5.18. The Balaban J connectivity index is 1.24. The third-order valence-corrected chi connectivity index (χ3v) is 8.07. The molecular weight excluding hydrogens is 387 g/mol. The van der Waals surface area contributed by atoms with Crippen LogP contribution in [0.3, 0.4) is 0 Å². The summed E-state index contributed by atoms with van der Waals surface area (Å²) < 4.78 is 13.3. The van der Waals surface area contributed by atoms with Gasteiger partial charge in [-0.25, -0.2) is 4.39 Å². The highest BCUT2D eigenvalue weighted by molar-refractivity contribution is 5.20. The Morgan fingerprint density at radius 1 is 0.839 bits per heavy atom. The highest BCUT2D eigenvalue weighted by atomic mass is 19.1. The lowest BCUT2D eigenvalue weighted by Crippen LogP contribution is -2.58. The SMILES string of the molecule is OC1CC2CCCN(Cc3ccc(F)cc3)C2CC1N1CCC(c2ccccc2)CC1. The fourth-order valence-electron chi connectivity index (χ4n) is 6.40. The highest BCUT2D eigenvalue weighted by Crippen LogP contribution is 2.39. The number of fused-ring (bicyclic) bond motifs is 1. The molecule has 3 aliphatic rings. The molecule has 0 radical (unpaired) electrons. The van der Waals surface area contributed by atoms with Crippen molar-refractivity contribution in [2.75, 3.05) is 19.6 Å². The van der Waals surface area contributed by atoms with Crippen molar-refractivity contribution in [2.24, 2.45) is 5.92 Å². The van der Waals surface area contributed by atoms with Crippen molar-refractivity contribution >= 4 is 0 Å². The first-order valence-corrected chi connectivity index (χ1v) is 12.1. The van der Waals surface area contributed by atoms with Gasteiger partial charge < -0.3 is 5.11 Å². The molecule has 5 rings (SSSR count). The molecule has 1 saturated carbocycles. The van der Waals surface area contributed by atoms with E-state index in [1.54, 1.807) is 12.1 Å². The molecule has 166 valence electrons. The standard InChI is InChI=1S/C27H35FN2O/c28-24-10-8-20(9-11-24)19-30-14-4-7-23-17-27(31)26(18-25(23)30)29-15-12-22(13-16-29)21-5-2-1-3-6-21/h1-3,5-6,8-11,22-23,25-27,31H,4,7,12-19H2.